The minimum atomic E-state index is -0.774. The van der Waals surface area contributed by atoms with Gasteiger partial charge in [-0.05, 0) is 67.0 Å². The normalized spacial score (nSPS) is 15.3. The Balaban J connectivity index is 1.39. The Morgan fingerprint density at radius 2 is 1.91 bits per heavy atom. The number of carbonyl (C=O) groups is 1. The van der Waals surface area contributed by atoms with E-state index in [2.05, 4.69) is 29.3 Å². The molecule has 0 fully saturated rings. The van der Waals surface area contributed by atoms with Gasteiger partial charge in [0.2, 0.25) is 0 Å². The monoisotopic (exact) mass is 476 g/mol. The molecule has 0 radical (unpaired) electrons. The van der Waals surface area contributed by atoms with Crippen molar-refractivity contribution in [2.45, 2.75) is 51.6 Å². The van der Waals surface area contributed by atoms with Gasteiger partial charge in [0, 0.05) is 31.3 Å². The summed E-state index contributed by atoms with van der Waals surface area (Å²) in [6.07, 6.45) is 3.84. The van der Waals surface area contributed by atoms with Crippen LogP contribution in [0.4, 0.5) is 0 Å². The number of hydrogen-bond acceptors (Lipinski definition) is 5. The van der Waals surface area contributed by atoms with Gasteiger partial charge in [0.05, 0.1) is 19.1 Å². The topological polar surface area (TPSA) is 93.3 Å². The van der Waals surface area contributed by atoms with Gasteiger partial charge in [-0.1, -0.05) is 30.3 Å². The van der Waals surface area contributed by atoms with Crippen molar-refractivity contribution in [1.29, 1.82) is 0 Å². The van der Waals surface area contributed by atoms with Crippen LogP contribution in [0.5, 0.6) is 11.5 Å². The van der Waals surface area contributed by atoms with E-state index in [1.165, 1.54) is 22.9 Å². The molecule has 3 aromatic rings. The molecule has 2 aromatic carbocycles. The van der Waals surface area contributed by atoms with Crippen LogP contribution in [0, 0.1) is 0 Å². The molecule has 1 aliphatic rings. The highest BCUT2D eigenvalue weighted by Gasteiger charge is 2.24. The van der Waals surface area contributed by atoms with Gasteiger partial charge in [-0.2, -0.15) is 4.73 Å². The van der Waals surface area contributed by atoms with E-state index in [4.69, 9.17) is 9.47 Å². The number of carboxylic acid groups (broad SMARTS) is 1. The summed E-state index contributed by atoms with van der Waals surface area (Å²) in [6.45, 7) is 4.89. The highest BCUT2D eigenvalue weighted by molar-refractivity contribution is 5.68. The maximum Gasteiger partial charge on any atom is 0.303 e. The predicted octanol–water partition coefficient (Wildman–Crippen LogP) is 4.59. The summed E-state index contributed by atoms with van der Waals surface area (Å²) in [5.74, 6) is 0.654. The van der Waals surface area contributed by atoms with Crippen LogP contribution < -0.4 is 15.0 Å². The van der Waals surface area contributed by atoms with E-state index in [1.54, 1.807) is 12.1 Å². The Kier molecular flexibility index (Phi) is 7.75. The molecular weight excluding hydrogens is 444 g/mol. The van der Waals surface area contributed by atoms with Gasteiger partial charge in [-0.25, -0.2) is 0 Å². The highest BCUT2D eigenvalue weighted by atomic mass is 16.5. The summed E-state index contributed by atoms with van der Waals surface area (Å²) in [6, 6.07) is 17.6. The van der Waals surface area contributed by atoms with E-state index >= 15 is 0 Å². The molecule has 0 spiro atoms. The quantitative estimate of drug-likeness (QED) is 0.348. The predicted molar refractivity (Wildman–Crippen MR) is 132 cm³/mol. The summed E-state index contributed by atoms with van der Waals surface area (Å²) < 4.78 is 12.6. The highest BCUT2D eigenvalue weighted by Crippen LogP contribution is 2.35. The van der Waals surface area contributed by atoms with Gasteiger partial charge < -0.3 is 19.8 Å². The summed E-state index contributed by atoms with van der Waals surface area (Å²) in [4.78, 5) is 15.9. The van der Waals surface area contributed by atoms with Crippen LogP contribution in [0.15, 0.2) is 65.8 Å². The molecule has 2 N–H and O–H groups in total. The molecule has 0 unspecified atom stereocenters. The number of fused-ring (bicyclic) bond motifs is 2. The first-order valence-electron chi connectivity index (χ1n) is 12.0. The fourth-order valence-corrected chi connectivity index (χ4v) is 4.50. The van der Waals surface area contributed by atoms with Gasteiger partial charge in [0.25, 0.3) is 0 Å². The second-order valence-corrected chi connectivity index (χ2v) is 9.12. The molecule has 7 heteroatoms. The summed E-state index contributed by atoms with van der Waals surface area (Å²) in [5.41, 5.74) is 5.08. The van der Waals surface area contributed by atoms with Crippen molar-refractivity contribution in [2.24, 2.45) is 4.99 Å². The van der Waals surface area contributed by atoms with Crippen molar-refractivity contribution in [3.63, 3.8) is 0 Å². The van der Waals surface area contributed by atoms with Crippen LogP contribution in [0.1, 0.15) is 54.9 Å². The minimum Gasteiger partial charge on any atom is -0.494 e. The largest absolute Gasteiger partial charge is 0.494 e. The van der Waals surface area contributed by atoms with Crippen molar-refractivity contribution >= 4 is 5.97 Å². The van der Waals surface area contributed by atoms with Crippen LogP contribution in [-0.2, 0) is 17.6 Å². The van der Waals surface area contributed by atoms with E-state index in [-0.39, 0.29) is 18.4 Å². The lowest BCUT2D eigenvalue weighted by atomic mass is 9.89. The molecular formula is C28H32N2O5. The third-order valence-electron chi connectivity index (χ3n) is 6.04. The SMILES string of the molecule is CC(C)Oc1ccn(O)c(=NCCCOc2ccc3c(c2)Cc2ccccc2[C@H](CC(=O)O)C3)c1. The summed E-state index contributed by atoms with van der Waals surface area (Å²) in [7, 11) is 0. The van der Waals surface area contributed by atoms with E-state index in [0.717, 1.165) is 22.5 Å². The molecule has 1 heterocycles. The summed E-state index contributed by atoms with van der Waals surface area (Å²) >= 11 is 0. The summed E-state index contributed by atoms with van der Waals surface area (Å²) in [5, 5.41) is 19.4. The standard InChI is InChI=1S/C28H32N2O5/c1-19(2)35-25-10-12-30(33)27(18-25)29-11-5-13-34-24-9-8-20-14-23(17-28(31)32)26-7-4-3-6-21(26)15-22(20)16-24/h3-4,6-10,12,16,18-19,23,33H,5,11,13-15,17H2,1-2H3,(H,31,32)/t23-/m0/s1. The molecule has 1 aliphatic carbocycles. The first-order valence-corrected chi connectivity index (χ1v) is 12.0. The first kappa shape index (κ1) is 24.4. The molecule has 184 valence electrons. The van der Waals surface area contributed by atoms with E-state index in [9.17, 15) is 15.1 Å². The lowest BCUT2D eigenvalue weighted by Gasteiger charge is -2.16. The third-order valence-corrected chi connectivity index (χ3v) is 6.04. The van der Waals surface area contributed by atoms with Crippen LogP contribution >= 0.6 is 0 Å². The second-order valence-electron chi connectivity index (χ2n) is 9.12. The van der Waals surface area contributed by atoms with Crippen LogP contribution in [0.2, 0.25) is 0 Å². The van der Waals surface area contributed by atoms with Gasteiger partial charge in [-0.3, -0.25) is 9.79 Å². The Labute approximate surface area is 205 Å². The Morgan fingerprint density at radius 3 is 2.71 bits per heavy atom. The fraction of sp³-hybridized carbons (Fsp3) is 0.357. The zero-order chi connectivity index (χ0) is 24.8. The molecule has 0 saturated carbocycles. The van der Waals surface area contributed by atoms with Gasteiger partial charge in [-0.15, -0.1) is 0 Å². The number of rotatable bonds is 9. The maximum absolute atomic E-state index is 11.4. The lowest BCUT2D eigenvalue weighted by molar-refractivity contribution is -0.137. The number of nitrogens with zero attached hydrogens (tertiary/aromatic N) is 2. The van der Waals surface area contributed by atoms with E-state index in [0.29, 0.717) is 37.2 Å². The van der Waals surface area contributed by atoms with Crippen molar-refractivity contribution in [3.8, 4) is 11.5 Å². The smallest absolute Gasteiger partial charge is 0.303 e. The molecule has 1 aromatic heterocycles. The second kappa shape index (κ2) is 11.1. The number of pyridine rings is 1. The average Bonchev–Trinajstić information content (AvgIpc) is 2.96. The number of benzene rings is 2. The molecule has 7 nitrogen and oxygen atoms in total. The number of aromatic nitrogens is 1. The zero-order valence-corrected chi connectivity index (χ0v) is 20.2. The van der Waals surface area contributed by atoms with E-state index in [1.807, 2.05) is 32.0 Å². The Bertz CT molecular complexity index is 1250. The van der Waals surface area contributed by atoms with Crippen molar-refractivity contribution < 1.29 is 24.6 Å². The molecule has 1 atom stereocenters. The zero-order valence-electron chi connectivity index (χ0n) is 20.2. The van der Waals surface area contributed by atoms with Gasteiger partial charge in [0.15, 0.2) is 5.49 Å². The maximum atomic E-state index is 11.4. The molecule has 0 saturated heterocycles. The van der Waals surface area contributed by atoms with Gasteiger partial charge in [0.1, 0.15) is 11.5 Å². The molecule has 0 bridgehead atoms. The van der Waals surface area contributed by atoms with Crippen molar-refractivity contribution in [3.05, 3.63) is 88.5 Å². The fourth-order valence-electron chi connectivity index (χ4n) is 4.50. The molecule has 0 amide bonds. The number of carboxylic acids is 1. The lowest BCUT2D eigenvalue weighted by Crippen LogP contribution is -2.19. The number of aliphatic carboxylic acids is 1. The Morgan fingerprint density at radius 1 is 1.09 bits per heavy atom. The third kappa shape index (κ3) is 6.44. The molecule has 4 rings (SSSR count). The Hall–Kier alpha value is -3.74. The van der Waals surface area contributed by atoms with E-state index < -0.39 is 5.97 Å². The molecule has 35 heavy (non-hydrogen) atoms. The van der Waals surface area contributed by atoms with Crippen LogP contribution in [-0.4, -0.2) is 40.3 Å². The van der Waals surface area contributed by atoms with Crippen molar-refractivity contribution in [2.75, 3.05) is 13.2 Å². The minimum absolute atomic E-state index is 0.0305. The number of hydrogen-bond donors (Lipinski definition) is 2. The first-order chi connectivity index (χ1) is 16.9. The molecule has 0 aliphatic heterocycles. The average molecular weight is 477 g/mol. The van der Waals surface area contributed by atoms with Gasteiger partial charge >= 0.3 is 5.97 Å². The van der Waals surface area contributed by atoms with Crippen LogP contribution in [0.25, 0.3) is 0 Å². The number of ether oxygens (including phenoxy) is 2. The van der Waals surface area contributed by atoms with Crippen molar-refractivity contribution in [1.82, 2.24) is 4.73 Å². The van der Waals surface area contributed by atoms with Crippen LogP contribution in [0.3, 0.4) is 0 Å².